The summed E-state index contributed by atoms with van der Waals surface area (Å²) in [7, 11) is -3.68. The third kappa shape index (κ3) is 17.9. The number of ether oxygens (including phenoxy) is 2. The van der Waals surface area contributed by atoms with Crippen LogP contribution in [0.1, 0.15) is 131 Å². The number of rotatable bonds is 29. The van der Waals surface area contributed by atoms with E-state index in [1.807, 2.05) is 11.5 Å². The Morgan fingerprint density at radius 3 is 2.10 bits per heavy atom. The number of hydrogen-bond donors (Lipinski definition) is 2. The van der Waals surface area contributed by atoms with Gasteiger partial charge >= 0.3 is 5.97 Å². The van der Waals surface area contributed by atoms with Crippen molar-refractivity contribution in [2.24, 2.45) is 0 Å². The highest BCUT2D eigenvalue weighted by atomic mass is 32.8. The number of carbonyl (C=O) groups excluding carboxylic acids is 1. The van der Waals surface area contributed by atoms with Crippen molar-refractivity contribution in [1.82, 2.24) is 24.6 Å². The average molecular weight is 731 g/mol. The first-order valence-electron chi connectivity index (χ1n) is 18.1. The van der Waals surface area contributed by atoms with Crippen LogP contribution in [0.15, 0.2) is 12.7 Å². The average Bonchev–Trinajstić information content (AvgIpc) is 3.45. The van der Waals surface area contributed by atoms with Gasteiger partial charge < -0.3 is 24.3 Å². The highest BCUT2D eigenvalue weighted by Crippen LogP contribution is 2.43. The third-order valence-corrected chi connectivity index (χ3v) is 12.4. The molecule has 0 aliphatic carbocycles. The van der Waals surface area contributed by atoms with Gasteiger partial charge in [-0.2, -0.15) is 0 Å². The molecule has 0 saturated carbocycles. The van der Waals surface area contributed by atoms with E-state index in [1.54, 1.807) is 27.1 Å². The second-order valence-corrected chi connectivity index (χ2v) is 18.3. The lowest BCUT2D eigenvalue weighted by Crippen LogP contribution is -2.36. The van der Waals surface area contributed by atoms with E-state index in [2.05, 4.69) is 27.0 Å². The van der Waals surface area contributed by atoms with E-state index in [4.69, 9.17) is 30.9 Å². The van der Waals surface area contributed by atoms with Crippen molar-refractivity contribution in [1.29, 1.82) is 0 Å². The van der Waals surface area contributed by atoms with Gasteiger partial charge in [0.05, 0.1) is 31.7 Å². The Labute approximate surface area is 296 Å². The number of imidazole rings is 1. The van der Waals surface area contributed by atoms with E-state index in [0.717, 1.165) is 17.9 Å². The maximum absolute atomic E-state index is 13.9. The van der Waals surface area contributed by atoms with E-state index in [1.165, 1.54) is 89.8 Å². The molecule has 48 heavy (non-hydrogen) atoms. The monoisotopic (exact) mass is 730 g/mol. The first kappa shape index (κ1) is 42.7. The first-order valence-corrected chi connectivity index (χ1v) is 22.4. The summed E-state index contributed by atoms with van der Waals surface area (Å²) in [6, 6.07) is -0.830. The molecule has 0 amide bonds. The van der Waals surface area contributed by atoms with Crippen LogP contribution in [0.5, 0.6) is 0 Å². The Bertz CT molecular complexity index is 1250. The maximum Gasteiger partial charge on any atom is 0.323 e. The number of unbranched alkanes of at least 4 members (excludes halogenated alkanes) is 13. The fraction of sp³-hybridized carbons (Fsp3) is 0.824. The summed E-state index contributed by atoms with van der Waals surface area (Å²) in [5, 5.41) is 2.87. The molecule has 0 fully saturated rings. The lowest BCUT2D eigenvalue weighted by atomic mass is 10.0. The number of nitrogens with two attached hydrogens (primary N) is 1. The predicted molar refractivity (Wildman–Crippen MR) is 202 cm³/mol. The molecule has 14 heteroatoms. The van der Waals surface area contributed by atoms with Crippen molar-refractivity contribution >= 4 is 51.1 Å². The lowest BCUT2D eigenvalue weighted by Gasteiger charge is -2.25. The van der Waals surface area contributed by atoms with Crippen LogP contribution in [0.3, 0.4) is 0 Å². The molecule has 2 aromatic rings. The minimum Gasteiger partial charge on any atom is -0.462 e. The van der Waals surface area contributed by atoms with E-state index in [0.29, 0.717) is 29.9 Å². The number of nitrogens with zero attached hydrogens (tertiary/aromatic N) is 4. The predicted octanol–water partition coefficient (Wildman–Crippen LogP) is 7.86. The summed E-state index contributed by atoms with van der Waals surface area (Å²) in [6.45, 7) is 9.95. The standard InChI is InChI=1S/C34H63N6O5PS2/c1-6-7-8-9-10-11-12-13-14-15-16-17-18-19-22-48(47)23-20-21-44-46(42,39-30(5)34(41)45-28(2)3)27-43-29(4)24-40-26-38-31-32(35)36-25-37-33(31)40/h25-26,28-30H,6-24,27H2,1-5H3,(H,39,42)(H2,35,36,37)/t29-,30+,46?,48?/m1/s1. The Balaban J connectivity index is 1.69. The number of esters is 1. The number of nitrogen functional groups attached to an aromatic ring is 1. The smallest absolute Gasteiger partial charge is 0.323 e. The lowest BCUT2D eigenvalue weighted by molar-refractivity contribution is -0.149. The van der Waals surface area contributed by atoms with Crippen molar-refractivity contribution in [3.63, 3.8) is 0 Å². The van der Waals surface area contributed by atoms with Crippen LogP contribution in [0, 0.1) is 0 Å². The Morgan fingerprint density at radius 1 is 0.917 bits per heavy atom. The van der Waals surface area contributed by atoms with Gasteiger partial charge in [0.1, 0.15) is 24.2 Å². The van der Waals surface area contributed by atoms with Gasteiger partial charge in [-0.05, 0) is 46.3 Å². The Kier molecular flexibility index (Phi) is 21.9. The number of aromatic nitrogens is 4. The van der Waals surface area contributed by atoms with Crippen molar-refractivity contribution in [3.05, 3.63) is 12.7 Å². The van der Waals surface area contributed by atoms with Crippen molar-refractivity contribution in [3.8, 4) is 0 Å². The summed E-state index contributed by atoms with van der Waals surface area (Å²) < 4.78 is 32.9. The molecule has 3 N–H and O–H groups in total. The minimum atomic E-state index is -3.56. The highest BCUT2D eigenvalue weighted by molar-refractivity contribution is 8.28. The van der Waals surface area contributed by atoms with Gasteiger partial charge in [-0.15, -0.1) is 9.45 Å². The number of carbonyl (C=O) groups is 1. The van der Waals surface area contributed by atoms with E-state index < -0.39 is 19.5 Å². The normalized spacial score (nSPS) is 15.0. The first-order chi connectivity index (χ1) is 23.0. The third-order valence-electron chi connectivity index (χ3n) is 8.05. The molecule has 0 radical (unpaired) electrons. The molecule has 276 valence electrons. The van der Waals surface area contributed by atoms with Crippen LogP contribution in [0.2, 0.25) is 0 Å². The topological polar surface area (TPSA) is 143 Å². The van der Waals surface area contributed by atoms with Crippen molar-refractivity contribution < 1.29 is 23.4 Å². The fourth-order valence-electron chi connectivity index (χ4n) is 5.37. The molecule has 0 aliphatic rings. The van der Waals surface area contributed by atoms with Gasteiger partial charge in [0, 0.05) is 5.75 Å². The minimum absolute atomic E-state index is 0.122. The van der Waals surface area contributed by atoms with E-state index in [9.17, 15) is 9.36 Å². The number of fused-ring (bicyclic) bond motifs is 1. The van der Waals surface area contributed by atoms with Crippen LogP contribution in [-0.4, -0.2) is 68.2 Å². The molecule has 2 rings (SSSR count). The molecule has 0 aromatic carbocycles. The molecule has 0 saturated heterocycles. The van der Waals surface area contributed by atoms with Gasteiger partial charge in [-0.25, -0.2) is 20.0 Å². The molecule has 0 spiro atoms. The molecule has 2 heterocycles. The summed E-state index contributed by atoms with van der Waals surface area (Å²) >= 11 is 5.74. The van der Waals surface area contributed by atoms with Gasteiger partial charge in [0.2, 0.25) is 0 Å². The summed E-state index contributed by atoms with van der Waals surface area (Å²) in [5.74, 6) is 1.69. The summed E-state index contributed by atoms with van der Waals surface area (Å²) in [5.41, 5.74) is 7.01. The molecule has 0 aliphatic heterocycles. The highest BCUT2D eigenvalue weighted by Gasteiger charge is 2.30. The second kappa shape index (κ2) is 24.6. The van der Waals surface area contributed by atoms with Crippen LogP contribution in [-0.2, 0) is 50.5 Å². The molecule has 4 atom stereocenters. The molecular formula is C34H63N6O5PS2. The zero-order valence-electron chi connectivity index (χ0n) is 30.2. The van der Waals surface area contributed by atoms with Gasteiger partial charge in [-0.1, -0.05) is 102 Å². The van der Waals surface area contributed by atoms with Gasteiger partial charge in [0.15, 0.2) is 11.5 Å². The zero-order chi connectivity index (χ0) is 35.2. The van der Waals surface area contributed by atoms with E-state index in [-0.39, 0.29) is 34.6 Å². The largest absolute Gasteiger partial charge is 0.462 e. The molecule has 0 bridgehead atoms. The fourth-order valence-corrected chi connectivity index (χ4v) is 9.04. The van der Waals surface area contributed by atoms with Gasteiger partial charge in [-0.3, -0.25) is 9.36 Å². The number of anilines is 1. The maximum atomic E-state index is 13.9. The zero-order valence-corrected chi connectivity index (χ0v) is 32.7. The number of hydrogen-bond acceptors (Lipinski definition) is 10. The quantitative estimate of drug-likeness (QED) is 0.0480. The second-order valence-electron chi connectivity index (χ2n) is 13.1. The SMILES string of the molecule is CCCCCCCCCCCCCCCCS(=S)CCCOP(=O)(CO[C@H](C)Cn1cnc2c(N)ncnc21)N[C@@H](C)C(=O)OC(C)C. The van der Waals surface area contributed by atoms with Gasteiger partial charge in [0.25, 0.3) is 7.52 Å². The van der Waals surface area contributed by atoms with Crippen LogP contribution >= 0.6 is 7.52 Å². The van der Waals surface area contributed by atoms with Crippen LogP contribution < -0.4 is 10.8 Å². The summed E-state index contributed by atoms with van der Waals surface area (Å²) in [6.07, 6.45) is 21.7. The molecule has 2 unspecified atom stereocenters. The van der Waals surface area contributed by atoms with Crippen molar-refractivity contribution in [2.75, 3.05) is 30.2 Å². The Hall–Kier alpha value is -1.50. The summed E-state index contributed by atoms with van der Waals surface area (Å²) in [4.78, 5) is 25.0. The van der Waals surface area contributed by atoms with Crippen LogP contribution in [0.25, 0.3) is 11.2 Å². The van der Waals surface area contributed by atoms with Crippen molar-refractivity contribution in [2.45, 2.75) is 156 Å². The van der Waals surface area contributed by atoms with Crippen LogP contribution in [0.4, 0.5) is 5.82 Å². The Morgan fingerprint density at radius 2 is 1.50 bits per heavy atom. The number of nitrogens with one attached hydrogen (secondary N) is 1. The van der Waals surface area contributed by atoms with E-state index >= 15 is 0 Å². The molecule has 2 aromatic heterocycles. The molecule has 11 nitrogen and oxygen atoms in total. The molecular weight excluding hydrogens is 668 g/mol.